The molecular weight excluding hydrogens is 447 g/mol. The van der Waals surface area contributed by atoms with E-state index in [1.54, 1.807) is 13.0 Å². The Kier molecular flexibility index (Phi) is 6.51. The van der Waals surface area contributed by atoms with E-state index in [4.69, 9.17) is 0 Å². The first-order valence-electron chi connectivity index (χ1n) is 12.9. The third-order valence-corrected chi connectivity index (χ3v) is 9.24. The largest absolute Gasteiger partial charge is 0.488 e. The quantitative estimate of drug-likeness (QED) is 0.543. The summed E-state index contributed by atoms with van der Waals surface area (Å²) in [6.45, 7) is 2.23. The summed E-state index contributed by atoms with van der Waals surface area (Å²) >= 11 is 0. The average molecular weight is 481 g/mol. The van der Waals surface area contributed by atoms with Crippen LogP contribution >= 0.6 is 0 Å². The second-order valence-corrected chi connectivity index (χ2v) is 11.1. The van der Waals surface area contributed by atoms with Crippen molar-refractivity contribution in [2.45, 2.75) is 70.3 Å². The van der Waals surface area contributed by atoms with Gasteiger partial charge in [0, 0.05) is 24.8 Å². The third kappa shape index (κ3) is 4.42. The molecular formula is C28H34BF2NO3. The van der Waals surface area contributed by atoms with Gasteiger partial charge in [0.05, 0.1) is 0 Å². The molecule has 2 fully saturated rings. The van der Waals surface area contributed by atoms with Gasteiger partial charge in [-0.05, 0) is 77.9 Å². The molecule has 1 amide bonds. The lowest BCUT2D eigenvalue weighted by Crippen LogP contribution is -2.48. The van der Waals surface area contributed by atoms with Gasteiger partial charge < -0.3 is 15.4 Å². The molecule has 3 aliphatic rings. The molecule has 2 aromatic rings. The number of hydrogen-bond donors (Lipinski definition) is 3. The monoisotopic (exact) mass is 481 g/mol. The third-order valence-electron chi connectivity index (χ3n) is 9.24. The fourth-order valence-electron chi connectivity index (χ4n) is 7.48. The van der Waals surface area contributed by atoms with Crippen molar-refractivity contribution in [3.63, 3.8) is 0 Å². The number of carbonyl (C=O) groups is 1. The lowest BCUT2D eigenvalue weighted by Gasteiger charge is -2.51. The van der Waals surface area contributed by atoms with Crippen molar-refractivity contribution >= 4 is 18.5 Å². The Morgan fingerprint density at radius 2 is 1.91 bits per heavy atom. The van der Waals surface area contributed by atoms with E-state index in [1.165, 1.54) is 5.56 Å². The van der Waals surface area contributed by atoms with Crippen molar-refractivity contribution in [1.82, 2.24) is 5.32 Å². The van der Waals surface area contributed by atoms with Crippen molar-refractivity contribution in [2.75, 3.05) is 0 Å². The van der Waals surface area contributed by atoms with Crippen LogP contribution in [0.4, 0.5) is 8.78 Å². The van der Waals surface area contributed by atoms with Crippen molar-refractivity contribution in [1.29, 1.82) is 0 Å². The molecule has 35 heavy (non-hydrogen) atoms. The van der Waals surface area contributed by atoms with E-state index < -0.39 is 18.5 Å². The summed E-state index contributed by atoms with van der Waals surface area (Å²) in [6, 6.07) is 15.3. The van der Waals surface area contributed by atoms with E-state index >= 15 is 8.78 Å². The molecule has 0 saturated heterocycles. The van der Waals surface area contributed by atoms with Crippen molar-refractivity contribution in [3.05, 3.63) is 65.2 Å². The lowest BCUT2D eigenvalue weighted by atomic mass is 9.53. The van der Waals surface area contributed by atoms with Crippen LogP contribution in [0.25, 0.3) is 0 Å². The van der Waals surface area contributed by atoms with E-state index in [1.807, 2.05) is 42.5 Å². The van der Waals surface area contributed by atoms with Gasteiger partial charge in [0.1, 0.15) is 0 Å². The highest BCUT2D eigenvalue weighted by molar-refractivity contribution is 6.58. The number of alkyl halides is 2. The number of rotatable bonds is 6. The van der Waals surface area contributed by atoms with Crippen LogP contribution in [-0.2, 0) is 17.8 Å². The summed E-state index contributed by atoms with van der Waals surface area (Å²) in [5, 5.41) is 22.0. The number of benzene rings is 2. The molecule has 0 bridgehead atoms. The Hall–Kier alpha value is -2.25. The van der Waals surface area contributed by atoms with Crippen LogP contribution in [0.2, 0.25) is 0 Å². The summed E-state index contributed by atoms with van der Waals surface area (Å²) < 4.78 is 30.9. The number of hydrogen-bond acceptors (Lipinski definition) is 3. The van der Waals surface area contributed by atoms with Gasteiger partial charge in [-0.3, -0.25) is 4.79 Å². The Balaban J connectivity index is 1.32. The molecule has 0 spiro atoms. The molecule has 5 rings (SSSR count). The Morgan fingerprint density at radius 1 is 1.14 bits per heavy atom. The maximum atomic E-state index is 15.4. The second-order valence-electron chi connectivity index (χ2n) is 11.1. The summed E-state index contributed by atoms with van der Waals surface area (Å²) in [5.74, 6) is -2.72. The smallest absolute Gasteiger partial charge is 0.423 e. The van der Waals surface area contributed by atoms with Gasteiger partial charge in [-0.2, -0.15) is 0 Å². The first kappa shape index (κ1) is 24.4. The standard InChI is InChI=1S/C28H34BF2NO3/c1-27-14-13-23-22-11-9-21(29(34)35)15-19(22)7-10-24(23)26(27)20(16-28(27,30)31)8-12-25(33)32-17-18-5-3-2-4-6-18/h2-6,9,11,15,20,23-24,26,34-35H,7-8,10,12-14,16-17H2,1H3,(H,32,33)/t20-,23-,24-,26+,27+/m1/s1. The van der Waals surface area contributed by atoms with E-state index in [2.05, 4.69) is 5.32 Å². The maximum absolute atomic E-state index is 15.4. The first-order chi connectivity index (χ1) is 16.7. The number of nitrogens with one attached hydrogen (secondary N) is 1. The molecule has 0 heterocycles. The van der Waals surface area contributed by atoms with Gasteiger partial charge in [0.25, 0.3) is 5.92 Å². The number of carbonyl (C=O) groups excluding carboxylic acids is 1. The predicted octanol–water partition coefficient (Wildman–Crippen LogP) is 4.18. The molecule has 4 nitrogen and oxygen atoms in total. The topological polar surface area (TPSA) is 69.6 Å². The molecule has 0 unspecified atom stereocenters. The van der Waals surface area contributed by atoms with Crippen molar-refractivity contribution in [2.24, 2.45) is 23.2 Å². The minimum absolute atomic E-state index is 0.0813. The highest BCUT2D eigenvalue weighted by atomic mass is 19.3. The summed E-state index contributed by atoms with van der Waals surface area (Å²) in [5.41, 5.74) is 2.77. The van der Waals surface area contributed by atoms with Gasteiger partial charge in [-0.1, -0.05) is 55.5 Å². The zero-order valence-electron chi connectivity index (χ0n) is 20.2. The maximum Gasteiger partial charge on any atom is 0.488 e. The minimum Gasteiger partial charge on any atom is -0.423 e. The molecule has 3 aliphatic carbocycles. The fraction of sp³-hybridized carbons (Fsp3) is 0.536. The van der Waals surface area contributed by atoms with Crippen LogP contribution in [0.3, 0.4) is 0 Å². The molecule has 5 atom stereocenters. The Morgan fingerprint density at radius 3 is 2.66 bits per heavy atom. The molecule has 0 radical (unpaired) electrons. The number of aryl methyl sites for hydroxylation is 1. The zero-order valence-corrected chi connectivity index (χ0v) is 20.2. The second kappa shape index (κ2) is 9.32. The number of halogens is 2. The van der Waals surface area contributed by atoms with E-state index in [9.17, 15) is 14.8 Å². The summed E-state index contributed by atoms with van der Waals surface area (Å²) in [6.07, 6.45) is 3.42. The highest BCUT2D eigenvalue weighted by Crippen LogP contribution is 2.68. The lowest BCUT2D eigenvalue weighted by molar-refractivity contribution is -0.133. The SMILES string of the molecule is C[C@]12CC[C@@H]3c4ccc(B(O)O)cc4CC[C@H]3[C@@H]1[C@H](CCC(=O)NCc1ccccc1)CC2(F)F. The van der Waals surface area contributed by atoms with Gasteiger partial charge in [-0.25, -0.2) is 8.78 Å². The van der Waals surface area contributed by atoms with Gasteiger partial charge in [0.15, 0.2) is 0 Å². The van der Waals surface area contributed by atoms with Crippen LogP contribution < -0.4 is 10.8 Å². The van der Waals surface area contributed by atoms with Crippen LogP contribution in [-0.4, -0.2) is 29.0 Å². The average Bonchev–Trinajstić information content (AvgIpc) is 3.06. The highest BCUT2D eigenvalue weighted by Gasteiger charge is 2.67. The molecule has 0 aromatic heterocycles. The molecule has 7 heteroatoms. The minimum atomic E-state index is -2.72. The van der Waals surface area contributed by atoms with Crippen LogP contribution in [0, 0.1) is 23.2 Å². The zero-order chi connectivity index (χ0) is 24.8. The number of fused-ring (bicyclic) bond motifs is 5. The van der Waals surface area contributed by atoms with Gasteiger partial charge in [0.2, 0.25) is 5.91 Å². The van der Waals surface area contributed by atoms with Gasteiger partial charge in [-0.15, -0.1) is 0 Å². The van der Waals surface area contributed by atoms with Crippen LogP contribution in [0.1, 0.15) is 68.1 Å². The summed E-state index contributed by atoms with van der Waals surface area (Å²) in [4.78, 5) is 12.6. The van der Waals surface area contributed by atoms with E-state index in [0.717, 1.165) is 30.4 Å². The van der Waals surface area contributed by atoms with Crippen LogP contribution in [0.5, 0.6) is 0 Å². The molecule has 2 aromatic carbocycles. The van der Waals surface area contributed by atoms with Crippen LogP contribution in [0.15, 0.2) is 48.5 Å². The molecule has 3 N–H and O–H groups in total. The number of amides is 1. The normalized spacial score (nSPS) is 30.7. The Bertz CT molecular complexity index is 1080. The molecule has 2 saturated carbocycles. The van der Waals surface area contributed by atoms with Crippen molar-refractivity contribution in [3.8, 4) is 0 Å². The molecule has 0 aliphatic heterocycles. The fourth-order valence-corrected chi connectivity index (χ4v) is 7.48. The molecule has 186 valence electrons. The summed E-state index contributed by atoms with van der Waals surface area (Å²) in [7, 11) is -1.50. The predicted molar refractivity (Wildman–Crippen MR) is 132 cm³/mol. The Labute approximate surface area is 206 Å². The van der Waals surface area contributed by atoms with Gasteiger partial charge >= 0.3 is 7.12 Å². The van der Waals surface area contributed by atoms with E-state index in [0.29, 0.717) is 24.8 Å². The first-order valence-corrected chi connectivity index (χ1v) is 12.9. The van der Waals surface area contributed by atoms with E-state index in [-0.39, 0.29) is 42.4 Å². The van der Waals surface area contributed by atoms with Crippen molar-refractivity contribution < 1.29 is 23.6 Å².